The normalized spacial score (nSPS) is 10.8. The molecule has 1 heterocycles. The molecule has 1 aromatic carbocycles. The van der Waals surface area contributed by atoms with Crippen molar-refractivity contribution in [1.82, 2.24) is 10.2 Å². The number of carbonyl (C=O) groups is 1. The second-order valence-corrected chi connectivity index (χ2v) is 3.47. The first-order valence-corrected chi connectivity index (χ1v) is 5.18. The number of hydrogen-bond donors (Lipinski definition) is 1. The molecule has 0 saturated heterocycles. The lowest BCUT2D eigenvalue weighted by Gasteiger charge is -2.01. The first kappa shape index (κ1) is 12.7. The number of aromatic nitrogens is 2. The summed E-state index contributed by atoms with van der Waals surface area (Å²) in [5.74, 6) is -1.47. The van der Waals surface area contributed by atoms with Crippen molar-refractivity contribution in [2.45, 2.75) is 0 Å². The lowest BCUT2D eigenvalue weighted by atomic mass is 10.2. The Hall–Kier alpha value is -2.70. The van der Waals surface area contributed by atoms with E-state index in [2.05, 4.69) is 10.2 Å². The summed E-state index contributed by atoms with van der Waals surface area (Å²) in [6, 6.07) is 4.18. The van der Waals surface area contributed by atoms with Gasteiger partial charge in [0.1, 0.15) is 0 Å². The molecule has 0 saturated carbocycles. The number of nitrogens with zero attached hydrogens (tertiary/aromatic N) is 2. The average molecular weight is 264 g/mol. The highest BCUT2D eigenvalue weighted by Gasteiger charge is 2.10. The molecule has 0 aliphatic heterocycles. The van der Waals surface area contributed by atoms with E-state index in [1.54, 1.807) is 6.07 Å². The Morgan fingerprint density at radius 3 is 2.89 bits per heavy atom. The zero-order chi connectivity index (χ0) is 13.8. The van der Waals surface area contributed by atoms with Gasteiger partial charge in [0, 0.05) is 17.7 Å². The number of methoxy groups -OCH3 is 1. The van der Waals surface area contributed by atoms with Gasteiger partial charge in [0.05, 0.1) is 7.11 Å². The molecule has 1 N–H and O–H groups in total. The Labute approximate surface area is 107 Å². The van der Waals surface area contributed by atoms with Gasteiger partial charge in [-0.2, -0.15) is 0 Å². The quantitative estimate of drug-likeness (QED) is 0.850. The molecule has 7 heteroatoms. The molecule has 0 bridgehead atoms. The van der Waals surface area contributed by atoms with Crippen LogP contribution in [0.2, 0.25) is 0 Å². The van der Waals surface area contributed by atoms with Crippen molar-refractivity contribution in [2.24, 2.45) is 0 Å². The number of halogens is 1. The zero-order valence-electron chi connectivity index (χ0n) is 9.83. The molecule has 98 valence electrons. The molecular weight excluding hydrogens is 255 g/mol. The summed E-state index contributed by atoms with van der Waals surface area (Å²) in [6.45, 7) is 0. The molecule has 1 aromatic heterocycles. The van der Waals surface area contributed by atoms with Crippen LogP contribution < -0.4 is 4.74 Å². The number of carboxylic acids is 1. The Balaban J connectivity index is 2.27. The highest BCUT2D eigenvalue weighted by atomic mass is 19.1. The van der Waals surface area contributed by atoms with Crippen molar-refractivity contribution in [3.05, 3.63) is 36.0 Å². The minimum absolute atomic E-state index is 0.0219. The van der Waals surface area contributed by atoms with Gasteiger partial charge in [0.2, 0.25) is 11.8 Å². The minimum atomic E-state index is -1.13. The van der Waals surface area contributed by atoms with Crippen LogP contribution in [0.4, 0.5) is 4.39 Å². The number of ether oxygens (including phenoxy) is 1. The fraction of sp³-hybridized carbons (Fsp3) is 0.0833. The fourth-order valence-corrected chi connectivity index (χ4v) is 1.36. The number of carboxylic acid groups (broad SMARTS) is 1. The zero-order valence-corrected chi connectivity index (χ0v) is 9.83. The molecule has 0 spiro atoms. The van der Waals surface area contributed by atoms with Crippen LogP contribution in [0.1, 0.15) is 5.89 Å². The van der Waals surface area contributed by atoms with E-state index >= 15 is 0 Å². The molecule has 2 rings (SSSR count). The van der Waals surface area contributed by atoms with Crippen LogP contribution in [0.25, 0.3) is 17.5 Å². The highest BCUT2D eigenvalue weighted by molar-refractivity contribution is 5.84. The predicted octanol–water partition coefficient (Wildman–Crippen LogP) is 1.98. The molecule has 0 amide bonds. The maximum atomic E-state index is 13.5. The predicted molar refractivity (Wildman–Crippen MR) is 62.9 cm³/mol. The van der Waals surface area contributed by atoms with Crippen molar-refractivity contribution in [3.63, 3.8) is 0 Å². The number of rotatable bonds is 4. The molecule has 0 atom stereocenters. The van der Waals surface area contributed by atoms with Crippen LogP contribution in [0.15, 0.2) is 28.7 Å². The second-order valence-electron chi connectivity index (χ2n) is 3.47. The molecule has 0 fully saturated rings. The van der Waals surface area contributed by atoms with E-state index in [1.807, 2.05) is 0 Å². The van der Waals surface area contributed by atoms with E-state index in [0.717, 1.165) is 12.2 Å². The van der Waals surface area contributed by atoms with Gasteiger partial charge in [-0.15, -0.1) is 10.2 Å². The Morgan fingerprint density at radius 1 is 1.47 bits per heavy atom. The van der Waals surface area contributed by atoms with E-state index in [4.69, 9.17) is 14.3 Å². The molecule has 0 unspecified atom stereocenters. The molecule has 2 aromatic rings. The fourth-order valence-electron chi connectivity index (χ4n) is 1.36. The maximum absolute atomic E-state index is 13.5. The van der Waals surface area contributed by atoms with E-state index in [-0.39, 0.29) is 17.5 Å². The van der Waals surface area contributed by atoms with Gasteiger partial charge in [-0.25, -0.2) is 9.18 Å². The Kier molecular flexibility index (Phi) is 3.56. The van der Waals surface area contributed by atoms with Crippen LogP contribution in [-0.2, 0) is 4.79 Å². The summed E-state index contributed by atoms with van der Waals surface area (Å²) in [7, 11) is 1.36. The third kappa shape index (κ3) is 2.95. The molecule has 6 nitrogen and oxygen atoms in total. The molecule has 0 aliphatic carbocycles. The first-order valence-electron chi connectivity index (χ1n) is 5.18. The van der Waals surface area contributed by atoms with Crippen LogP contribution in [-0.4, -0.2) is 28.4 Å². The minimum Gasteiger partial charge on any atom is -0.494 e. The lowest BCUT2D eigenvalue weighted by Crippen LogP contribution is -1.88. The van der Waals surface area contributed by atoms with E-state index in [1.165, 1.54) is 19.2 Å². The summed E-state index contributed by atoms with van der Waals surface area (Å²) in [5, 5.41) is 15.8. The maximum Gasteiger partial charge on any atom is 0.328 e. The van der Waals surface area contributed by atoms with Crippen molar-refractivity contribution in [3.8, 4) is 17.2 Å². The average Bonchev–Trinajstić information content (AvgIpc) is 2.85. The topological polar surface area (TPSA) is 85.5 Å². The highest BCUT2D eigenvalue weighted by Crippen LogP contribution is 2.24. The van der Waals surface area contributed by atoms with Gasteiger partial charge in [-0.05, 0) is 18.2 Å². The third-order valence-electron chi connectivity index (χ3n) is 2.21. The molecule has 0 radical (unpaired) electrons. The molecule has 0 aliphatic rings. The van der Waals surface area contributed by atoms with Crippen LogP contribution in [0, 0.1) is 5.82 Å². The monoisotopic (exact) mass is 264 g/mol. The van der Waals surface area contributed by atoms with E-state index < -0.39 is 11.8 Å². The van der Waals surface area contributed by atoms with Crippen molar-refractivity contribution >= 4 is 12.0 Å². The van der Waals surface area contributed by atoms with E-state index in [0.29, 0.717) is 5.56 Å². The van der Waals surface area contributed by atoms with Gasteiger partial charge >= 0.3 is 5.97 Å². The van der Waals surface area contributed by atoms with Crippen molar-refractivity contribution in [1.29, 1.82) is 0 Å². The molecular formula is C12H9FN2O4. The molecule has 19 heavy (non-hydrogen) atoms. The second kappa shape index (κ2) is 5.30. The number of benzene rings is 1. The van der Waals surface area contributed by atoms with Crippen LogP contribution >= 0.6 is 0 Å². The third-order valence-corrected chi connectivity index (χ3v) is 2.21. The smallest absolute Gasteiger partial charge is 0.328 e. The lowest BCUT2D eigenvalue weighted by molar-refractivity contribution is -0.131. The SMILES string of the molecule is COc1ccc(-c2nnc(/C=C/C(=O)O)o2)cc1F. The van der Waals surface area contributed by atoms with Crippen molar-refractivity contribution < 1.29 is 23.4 Å². The summed E-state index contributed by atoms with van der Waals surface area (Å²) in [5.41, 5.74) is 0.376. The largest absolute Gasteiger partial charge is 0.494 e. The van der Waals surface area contributed by atoms with Gasteiger partial charge in [-0.3, -0.25) is 0 Å². The van der Waals surface area contributed by atoms with Gasteiger partial charge in [0.15, 0.2) is 11.6 Å². The summed E-state index contributed by atoms with van der Waals surface area (Å²) in [6.07, 6.45) is 2.02. The van der Waals surface area contributed by atoms with Gasteiger partial charge in [0.25, 0.3) is 0 Å². The number of aliphatic carboxylic acids is 1. The van der Waals surface area contributed by atoms with E-state index in [9.17, 15) is 9.18 Å². The summed E-state index contributed by atoms with van der Waals surface area (Å²) in [4.78, 5) is 10.3. The van der Waals surface area contributed by atoms with Gasteiger partial charge in [-0.1, -0.05) is 0 Å². The van der Waals surface area contributed by atoms with Crippen LogP contribution in [0.5, 0.6) is 5.75 Å². The Bertz CT molecular complexity index is 636. The standard InChI is InChI=1S/C12H9FN2O4/c1-18-9-3-2-7(6-8(9)13)12-15-14-10(19-12)4-5-11(16)17/h2-6H,1H3,(H,16,17)/b5-4+. The van der Waals surface area contributed by atoms with Gasteiger partial charge < -0.3 is 14.3 Å². The summed E-state index contributed by atoms with van der Waals surface area (Å²) < 4.78 is 23.4. The Morgan fingerprint density at radius 2 is 2.26 bits per heavy atom. The number of hydrogen-bond acceptors (Lipinski definition) is 5. The summed E-state index contributed by atoms with van der Waals surface area (Å²) >= 11 is 0. The van der Waals surface area contributed by atoms with Crippen LogP contribution in [0.3, 0.4) is 0 Å². The first-order chi connectivity index (χ1) is 9.10. The van der Waals surface area contributed by atoms with Crippen molar-refractivity contribution in [2.75, 3.05) is 7.11 Å².